The topological polar surface area (TPSA) is 97.6 Å². The second kappa shape index (κ2) is 8.59. The summed E-state index contributed by atoms with van der Waals surface area (Å²) in [4.78, 5) is 28.8. The van der Waals surface area contributed by atoms with Crippen LogP contribution in [0.4, 0.5) is 11.5 Å². The van der Waals surface area contributed by atoms with Crippen LogP contribution in [0, 0.1) is 10.1 Å². The first-order valence-corrected chi connectivity index (χ1v) is 8.82. The third kappa shape index (κ3) is 4.79. The van der Waals surface area contributed by atoms with Gasteiger partial charge < -0.3 is 10.1 Å². The molecule has 142 valence electrons. The summed E-state index contributed by atoms with van der Waals surface area (Å²) < 4.78 is 4.59. The van der Waals surface area contributed by atoms with Crippen molar-refractivity contribution in [2.75, 3.05) is 25.5 Å². The lowest BCUT2D eigenvalue weighted by molar-refractivity contribution is -0.384. The summed E-state index contributed by atoms with van der Waals surface area (Å²) in [5.74, 6) is -0.458. The highest BCUT2D eigenvalue weighted by atomic mass is 16.6. The molecule has 27 heavy (non-hydrogen) atoms. The molecule has 0 saturated carbocycles. The monoisotopic (exact) mass is 370 g/mol. The number of esters is 1. The van der Waals surface area contributed by atoms with Gasteiger partial charge in [-0.2, -0.15) is 0 Å². The molecular formula is C19H22N4O4. The van der Waals surface area contributed by atoms with Crippen LogP contribution in [0.25, 0.3) is 0 Å². The Morgan fingerprint density at radius 3 is 2.67 bits per heavy atom. The van der Waals surface area contributed by atoms with Crippen molar-refractivity contribution in [3.8, 4) is 0 Å². The summed E-state index contributed by atoms with van der Waals surface area (Å²) in [5, 5.41) is 14.5. The minimum Gasteiger partial charge on any atom is -0.465 e. The highest BCUT2D eigenvalue weighted by molar-refractivity contribution is 5.90. The number of pyridine rings is 1. The fourth-order valence-electron chi connectivity index (χ4n) is 3.20. The van der Waals surface area contributed by atoms with Crippen LogP contribution in [0.5, 0.6) is 0 Å². The Hall–Kier alpha value is -3.00. The van der Waals surface area contributed by atoms with E-state index in [0.29, 0.717) is 0 Å². The van der Waals surface area contributed by atoms with E-state index in [1.807, 2.05) is 18.2 Å². The summed E-state index contributed by atoms with van der Waals surface area (Å²) in [7, 11) is 1.23. The largest absolute Gasteiger partial charge is 0.465 e. The molecule has 8 nitrogen and oxygen atoms in total. The van der Waals surface area contributed by atoms with Crippen molar-refractivity contribution < 1.29 is 14.5 Å². The molecule has 0 unspecified atom stereocenters. The minimum absolute atomic E-state index is 0.0624. The summed E-state index contributed by atoms with van der Waals surface area (Å²) >= 11 is 0. The van der Waals surface area contributed by atoms with E-state index in [1.54, 1.807) is 0 Å². The van der Waals surface area contributed by atoms with E-state index in [-0.39, 0.29) is 23.1 Å². The van der Waals surface area contributed by atoms with Gasteiger partial charge in [0.05, 0.1) is 17.6 Å². The van der Waals surface area contributed by atoms with Crippen molar-refractivity contribution in [3.05, 3.63) is 63.8 Å². The quantitative estimate of drug-likeness (QED) is 0.474. The first-order valence-electron chi connectivity index (χ1n) is 8.82. The number of nitro groups is 1. The fraction of sp³-hybridized carbons (Fsp3) is 0.368. The predicted molar refractivity (Wildman–Crippen MR) is 101 cm³/mol. The number of methoxy groups -OCH3 is 1. The maximum Gasteiger partial charge on any atom is 0.339 e. The summed E-state index contributed by atoms with van der Waals surface area (Å²) in [5.41, 5.74) is 1.12. The van der Waals surface area contributed by atoms with Crippen molar-refractivity contribution in [2.24, 2.45) is 0 Å². The molecular weight excluding hydrogens is 348 g/mol. The number of hydrogen-bond acceptors (Lipinski definition) is 7. The molecule has 0 aliphatic carbocycles. The number of carbonyl (C=O) groups excluding carboxylic acids is 1. The van der Waals surface area contributed by atoms with E-state index in [4.69, 9.17) is 0 Å². The molecule has 0 amide bonds. The van der Waals surface area contributed by atoms with Crippen LogP contribution >= 0.6 is 0 Å². The number of anilines is 1. The smallest absolute Gasteiger partial charge is 0.339 e. The van der Waals surface area contributed by atoms with Gasteiger partial charge in [-0.25, -0.2) is 9.78 Å². The van der Waals surface area contributed by atoms with E-state index >= 15 is 0 Å². The third-order valence-corrected chi connectivity index (χ3v) is 4.66. The molecule has 0 spiro atoms. The molecule has 3 rings (SSSR count). The van der Waals surface area contributed by atoms with Crippen LogP contribution in [-0.2, 0) is 11.3 Å². The lowest BCUT2D eigenvalue weighted by Crippen LogP contribution is -2.38. The summed E-state index contributed by atoms with van der Waals surface area (Å²) in [6.07, 6.45) is 3.03. The average Bonchev–Trinajstić information content (AvgIpc) is 2.70. The van der Waals surface area contributed by atoms with Crippen LogP contribution in [0.2, 0.25) is 0 Å². The number of rotatable bonds is 6. The van der Waals surface area contributed by atoms with Gasteiger partial charge >= 0.3 is 11.7 Å². The van der Waals surface area contributed by atoms with Gasteiger partial charge in [-0.1, -0.05) is 30.3 Å². The second-order valence-corrected chi connectivity index (χ2v) is 6.52. The highest BCUT2D eigenvalue weighted by Crippen LogP contribution is 2.26. The van der Waals surface area contributed by atoms with Crippen LogP contribution < -0.4 is 5.32 Å². The normalized spacial score (nSPS) is 15.3. The van der Waals surface area contributed by atoms with Crippen molar-refractivity contribution in [2.45, 2.75) is 25.4 Å². The molecule has 0 radical (unpaired) electrons. The molecule has 1 saturated heterocycles. The standard InChI is InChI=1S/C19H22N4O4/c1-27-19(24)15-11-17(23(25)26)18(20-12-15)21-16-7-9-22(10-8-16)13-14-5-3-2-4-6-14/h2-6,11-12,16H,7-10,13H2,1H3,(H,20,21). The number of hydrogen-bond donors (Lipinski definition) is 1. The summed E-state index contributed by atoms with van der Waals surface area (Å²) in [6.45, 7) is 2.71. The van der Waals surface area contributed by atoms with Gasteiger partial charge in [0.1, 0.15) is 0 Å². The van der Waals surface area contributed by atoms with Crippen LogP contribution in [-0.4, -0.2) is 47.0 Å². The number of nitrogens with one attached hydrogen (secondary N) is 1. The zero-order valence-electron chi connectivity index (χ0n) is 15.1. The van der Waals surface area contributed by atoms with Crippen molar-refractivity contribution in [1.29, 1.82) is 0 Å². The lowest BCUT2D eigenvalue weighted by Gasteiger charge is -2.32. The van der Waals surface area contributed by atoms with E-state index in [9.17, 15) is 14.9 Å². The maximum absolute atomic E-state index is 11.6. The number of likely N-dealkylation sites (tertiary alicyclic amines) is 1. The molecule has 2 heterocycles. The van der Waals surface area contributed by atoms with Gasteiger partial charge in [0.25, 0.3) is 0 Å². The van der Waals surface area contributed by atoms with Gasteiger partial charge in [0, 0.05) is 37.9 Å². The number of carbonyl (C=O) groups is 1. The van der Waals surface area contributed by atoms with Crippen LogP contribution in [0.3, 0.4) is 0 Å². The van der Waals surface area contributed by atoms with E-state index in [0.717, 1.165) is 32.5 Å². The molecule has 8 heteroatoms. The molecule has 2 aromatic rings. The predicted octanol–water partition coefficient (Wildman–Crippen LogP) is 2.85. The zero-order chi connectivity index (χ0) is 19.2. The minimum atomic E-state index is -0.647. The Morgan fingerprint density at radius 2 is 2.04 bits per heavy atom. The van der Waals surface area contributed by atoms with Gasteiger partial charge in [-0.3, -0.25) is 15.0 Å². The molecule has 1 aliphatic heterocycles. The third-order valence-electron chi connectivity index (χ3n) is 4.66. The number of ether oxygens (including phenoxy) is 1. The Kier molecular flexibility index (Phi) is 5.97. The first kappa shape index (κ1) is 18.8. The molecule has 1 N–H and O–H groups in total. The molecule has 0 bridgehead atoms. The summed E-state index contributed by atoms with van der Waals surface area (Å²) in [6, 6.07) is 11.6. The molecule has 1 fully saturated rings. The zero-order valence-corrected chi connectivity index (χ0v) is 15.1. The lowest BCUT2D eigenvalue weighted by atomic mass is 10.0. The molecule has 1 aromatic heterocycles. The SMILES string of the molecule is COC(=O)c1cnc(NC2CCN(Cc3ccccc3)CC2)c([N+](=O)[O-])c1. The van der Waals surface area contributed by atoms with Crippen LogP contribution in [0.15, 0.2) is 42.6 Å². The molecule has 0 atom stereocenters. The first-order chi connectivity index (χ1) is 13.1. The van der Waals surface area contributed by atoms with Gasteiger partial charge in [0.15, 0.2) is 0 Å². The fourth-order valence-corrected chi connectivity index (χ4v) is 3.20. The number of nitrogens with zero attached hydrogens (tertiary/aromatic N) is 3. The van der Waals surface area contributed by atoms with E-state index < -0.39 is 10.9 Å². The Balaban J connectivity index is 1.61. The Bertz CT molecular complexity index is 805. The van der Waals surface area contributed by atoms with E-state index in [2.05, 4.69) is 32.1 Å². The second-order valence-electron chi connectivity index (χ2n) is 6.52. The van der Waals surface area contributed by atoms with Crippen molar-refractivity contribution >= 4 is 17.5 Å². The Labute approximate surface area is 157 Å². The number of benzene rings is 1. The van der Waals surface area contributed by atoms with Crippen molar-refractivity contribution in [1.82, 2.24) is 9.88 Å². The molecule has 1 aliphatic rings. The van der Waals surface area contributed by atoms with Gasteiger partial charge in [-0.05, 0) is 18.4 Å². The average molecular weight is 370 g/mol. The Morgan fingerprint density at radius 1 is 1.33 bits per heavy atom. The number of piperidine rings is 1. The van der Waals surface area contributed by atoms with E-state index in [1.165, 1.54) is 24.9 Å². The molecule has 1 aromatic carbocycles. The highest BCUT2D eigenvalue weighted by Gasteiger charge is 2.24. The maximum atomic E-state index is 11.6. The number of aromatic nitrogens is 1. The van der Waals surface area contributed by atoms with Gasteiger partial charge in [-0.15, -0.1) is 0 Å². The van der Waals surface area contributed by atoms with Crippen molar-refractivity contribution in [3.63, 3.8) is 0 Å². The van der Waals surface area contributed by atoms with Gasteiger partial charge in [0.2, 0.25) is 5.82 Å². The van der Waals surface area contributed by atoms with Crippen LogP contribution in [0.1, 0.15) is 28.8 Å².